The number of amidine groups is 1. The van der Waals surface area contributed by atoms with Gasteiger partial charge in [0.05, 0.1) is 39.0 Å². The van der Waals surface area contributed by atoms with Crippen LogP contribution in [0.4, 0.5) is 11.5 Å². The summed E-state index contributed by atoms with van der Waals surface area (Å²) in [5.41, 5.74) is 7.45. The summed E-state index contributed by atoms with van der Waals surface area (Å²) in [5.74, 6) is 2.28. The Morgan fingerprint density at radius 2 is 2.06 bits per heavy atom. The number of nitrogens with two attached hydrogens (primary N) is 1. The fourth-order valence-corrected chi connectivity index (χ4v) is 4.31. The van der Waals surface area contributed by atoms with Crippen molar-refractivity contribution in [2.45, 2.75) is 6.42 Å². The van der Waals surface area contributed by atoms with Crippen LogP contribution < -0.4 is 20.5 Å². The van der Waals surface area contributed by atoms with E-state index in [0.717, 1.165) is 50.7 Å². The Hall–Kier alpha value is -3.70. The van der Waals surface area contributed by atoms with Gasteiger partial charge in [0.25, 0.3) is 5.91 Å². The molecule has 0 unspecified atom stereocenters. The van der Waals surface area contributed by atoms with E-state index in [2.05, 4.69) is 20.2 Å². The van der Waals surface area contributed by atoms with Gasteiger partial charge in [0.15, 0.2) is 11.5 Å². The number of hydrogen-bond acceptors (Lipinski definition) is 10. The van der Waals surface area contributed by atoms with Crippen molar-refractivity contribution in [3.05, 3.63) is 41.6 Å². The van der Waals surface area contributed by atoms with E-state index in [-0.39, 0.29) is 5.91 Å². The van der Waals surface area contributed by atoms with Gasteiger partial charge in [0.1, 0.15) is 17.3 Å². The minimum atomic E-state index is -0.333. The SMILES string of the molecule is COc1c(OCCCN2CCOCC2)ccc2c1N=C(NC(=O)c1ccc(N)nc1)N1CCN=C21. The number of carbonyl (C=O) groups is 1. The molecule has 0 bridgehead atoms. The third kappa shape index (κ3) is 4.91. The van der Waals surface area contributed by atoms with Crippen LogP contribution in [0.1, 0.15) is 22.3 Å². The van der Waals surface area contributed by atoms with Gasteiger partial charge in [-0.05, 0) is 30.7 Å². The first-order chi connectivity index (χ1) is 17.1. The standard InChI is InChI=1S/C24H29N7O4/c1-33-21-18(35-12-2-8-30-10-13-34-14-11-30)5-4-17-20(21)28-24(31-9-7-26-22(17)31)29-23(32)16-3-6-19(25)27-15-16/h3-6,15H,2,7-14H2,1H3,(H2,25,27)(H,28,29,32). The Kier molecular flexibility index (Phi) is 6.77. The molecular weight excluding hydrogens is 450 g/mol. The van der Waals surface area contributed by atoms with E-state index in [1.165, 1.54) is 6.20 Å². The Balaban J connectivity index is 1.35. The number of carbonyl (C=O) groups excluding carboxylic acids is 1. The van der Waals surface area contributed by atoms with Crippen LogP contribution in [0.25, 0.3) is 0 Å². The number of benzene rings is 1. The van der Waals surface area contributed by atoms with Crippen molar-refractivity contribution in [3.8, 4) is 11.5 Å². The van der Waals surface area contributed by atoms with Crippen LogP contribution in [0, 0.1) is 0 Å². The highest BCUT2D eigenvalue weighted by molar-refractivity contribution is 6.20. The predicted octanol–water partition coefficient (Wildman–Crippen LogP) is 1.27. The normalized spacial score (nSPS) is 17.2. The van der Waals surface area contributed by atoms with Gasteiger partial charge in [-0.25, -0.2) is 9.98 Å². The summed E-state index contributed by atoms with van der Waals surface area (Å²) >= 11 is 0. The second kappa shape index (κ2) is 10.3. The van der Waals surface area contributed by atoms with Crippen LogP contribution in [0.2, 0.25) is 0 Å². The summed E-state index contributed by atoms with van der Waals surface area (Å²) < 4.78 is 17.2. The molecule has 35 heavy (non-hydrogen) atoms. The molecule has 11 nitrogen and oxygen atoms in total. The number of nitrogen functional groups attached to an aromatic ring is 1. The number of aromatic nitrogens is 1. The molecule has 5 rings (SSSR count). The maximum absolute atomic E-state index is 12.8. The summed E-state index contributed by atoms with van der Waals surface area (Å²) in [6.07, 6.45) is 2.32. The zero-order valence-electron chi connectivity index (χ0n) is 19.7. The zero-order valence-corrected chi connectivity index (χ0v) is 19.7. The molecule has 11 heteroatoms. The number of ether oxygens (including phenoxy) is 3. The lowest BCUT2D eigenvalue weighted by atomic mass is 10.1. The largest absolute Gasteiger partial charge is 0.491 e. The molecule has 3 aliphatic rings. The number of pyridine rings is 1. The van der Waals surface area contributed by atoms with Crippen LogP contribution in [0.15, 0.2) is 40.4 Å². The second-order valence-corrected chi connectivity index (χ2v) is 8.37. The number of fused-ring (bicyclic) bond motifs is 3. The molecule has 184 valence electrons. The first-order valence-electron chi connectivity index (χ1n) is 11.7. The summed E-state index contributed by atoms with van der Waals surface area (Å²) in [7, 11) is 1.59. The van der Waals surface area contributed by atoms with E-state index in [1.807, 2.05) is 17.0 Å². The van der Waals surface area contributed by atoms with E-state index < -0.39 is 0 Å². The molecule has 1 aromatic heterocycles. The number of amides is 1. The number of morpholine rings is 1. The summed E-state index contributed by atoms with van der Waals surface area (Å²) in [4.78, 5) is 30.5. The van der Waals surface area contributed by atoms with Gasteiger partial charge >= 0.3 is 0 Å². The molecule has 1 aromatic carbocycles. The van der Waals surface area contributed by atoms with Crippen molar-refractivity contribution in [2.24, 2.45) is 9.98 Å². The third-order valence-electron chi connectivity index (χ3n) is 6.11. The van der Waals surface area contributed by atoms with E-state index in [0.29, 0.717) is 54.2 Å². The molecule has 3 N–H and O–H groups in total. The minimum absolute atomic E-state index is 0.333. The lowest BCUT2D eigenvalue weighted by molar-refractivity contribution is 0.0357. The zero-order chi connectivity index (χ0) is 24.2. The summed E-state index contributed by atoms with van der Waals surface area (Å²) in [6, 6.07) is 7.04. The molecule has 2 aromatic rings. The average Bonchev–Trinajstić information content (AvgIpc) is 3.38. The summed E-state index contributed by atoms with van der Waals surface area (Å²) in [6.45, 7) is 6.21. The first-order valence-corrected chi connectivity index (χ1v) is 11.7. The molecular formula is C24H29N7O4. The van der Waals surface area contributed by atoms with Crippen molar-refractivity contribution in [1.29, 1.82) is 0 Å². The fourth-order valence-electron chi connectivity index (χ4n) is 4.31. The highest BCUT2D eigenvalue weighted by atomic mass is 16.5. The van der Waals surface area contributed by atoms with Crippen LogP contribution in [-0.2, 0) is 4.74 Å². The minimum Gasteiger partial charge on any atom is -0.491 e. The maximum Gasteiger partial charge on any atom is 0.259 e. The van der Waals surface area contributed by atoms with Crippen LogP contribution >= 0.6 is 0 Å². The monoisotopic (exact) mass is 479 g/mol. The summed E-state index contributed by atoms with van der Waals surface area (Å²) in [5, 5.41) is 2.89. The van der Waals surface area contributed by atoms with Crippen LogP contribution in [-0.4, -0.2) is 92.1 Å². The lowest BCUT2D eigenvalue weighted by Crippen LogP contribution is -2.47. The number of aliphatic imine (C=N–C) groups is 2. The highest BCUT2D eigenvalue weighted by Gasteiger charge is 2.33. The molecule has 1 amide bonds. The smallest absolute Gasteiger partial charge is 0.259 e. The Morgan fingerprint density at radius 3 is 2.83 bits per heavy atom. The van der Waals surface area contributed by atoms with Gasteiger partial charge in [0.2, 0.25) is 5.96 Å². The van der Waals surface area contributed by atoms with Gasteiger partial charge in [-0.1, -0.05) is 0 Å². The van der Waals surface area contributed by atoms with Crippen LogP contribution in [0.3, 0.4) is 0 Å². The second-order valence-electron chi connectivity index (χ2n) is 8.37. The van der Waals surface area contributed by atoms with Crippen molar-refractivity contribution >= 4 is 29.2 Å². The van der Waals surface area contributed by atoms with Gasteiger partial charge < -0.3 is 19.9 Å². The van der Waals surface area contributed by atoms with E-state index in [9.17, 15) is 4.79 Å². The molecule has 0 aliphatic carbocycles. The van der Waals surface area contributed by atoms with E-state index in [1.54, 1.807) is 19.2 Å². The Morgan fingerprint density at radius 1 is 1.20 bits per heavy atom. The van der Waals surface area contributed by atoms with Gasteiger partial charge in [-0.2, -0.15) is 0 Å². The number of nitrogens with zero attached hydrogens (tertiary/aromatic N) is 5. The molecule has 1 fully saturated rings. The van der Waals surface area contributed by atoms with Gasteiger partial charge in [-0.3, -0.25) is 24.9 Å². The van der Waals surface area contributed by atoms with Crippen LogP contribution in [0.5, 0.6) is 11.5 Å². The number of hydrogen-bond donors (Lipinski definition) is 2. The van der Waals surface area contributed by atoms with Crippen molar-refractivity contribution < 1.29 is 19.0 Å². The van der Waals surface area contributed by atoms with Gasteiger partial charge in [-0.15, -0.1) is 0 Å². The van der Waals surface area contributed by atoms with Crippen molar-refractivity contribution in [3.63, 3.8) is 0 Å². The van der Waals surface area contributed by atoms with Crippen molar-refractivity contribution in [2.75, 3.05) is 65.4 Å². The fraction of sp³-hybridized carbons (Fsp3) is 0.417. The molecule has 0 radical (unpaired) electrons. The maximum atomic E-state index is 12.8. The molecule has 0 saturated carbocycles. The molecule has 1 saturated heterocycles. The molecule has 0 spiro atoms. The Bertz CT molecular complexity index is 1140. The van der Waals surface area contributed by atoms with E-state index in [4.69, 9.17) is 24.9 Å². The number of methoxy groups -OCH3 is 1. The first kappa shape index (κ1) is 23.1. The molecule has 0 atom stereocenters. The average molecular weight is 480 g/mol. The number of guanidine groups is 1. The van der Waals surface area contributed by atoms with Gasteiger partial charge in [0, 0.05) is 37.9 Å². The third-order valence-corrected chi connectivity index (χ3v) is 6.11. The molecule has 4 heterocycles. The lowest BCUT2D eigenvalue weighted by Gasteiger charge is -2.29. The Labute approximate surface area is 203 Å². The topological polar surface area (TPSA) is 127 Å². The number of nitrogens with one attached hydrogen (secondary N) is 1. The number of rotatable bonds is 7. The molecule has 3 aliphatic heterocycles. The predicted molar refractivity (Wildman–Crippen MR) is 132 cm³/mol. The van der Waals surface area contributed by atoms with E-state index >= 15 is 0 Å². The highest BCUT2D eigenvalue weighted by Crippen LogP contribution is 2.43. The quantitative estimate of drug-likeness (QED) is 0.569. The van der Waals surface area contributed by atoms with Crippen molar-refractivity contribution in [1.82, 2.24) is 20.1 Å². The number of anilines is 1.